The number of phenols is 1. The smallest absolute Gasteiger partial charge is 0.270 e. The number of benzene rings is 2. The molecule has 5 aromatic rings. The van der Waals surface area contributed by atoms with Gasteiger partial charge in [0.25, 0.3) is 5.56 Å². The van der Waals surface area contributed by atoms with E-state index in [-0.39, 0.29) is 16.3 Å². The number of aromatic hydroxyl groups is 1. The normalized spacial score (nSPS) is 16.0. The minimum atomic E-state index is -0.382. The molecule has 7 rings (SSSR count). The van der Waals surface area contributed by atoms with Crippen molar-refractivity contribution >= 4 is 40.0 Å². The van der Waals surface area contributed by atoms with Gasteiger partial charge < -0.3 is 15.7 Å². The Morgan fingerprint density at radius 2 is 2.06 bits per heavy atom. The SMILES string of the molecule is O=c1c2cnc(Nc3ccc4c(c3)CNCC43CC3)nc2n2ccnc2n1-c1cccc(O)c1Cl. The first kappa shape index (κ1) is 20.4. The fourth-order valence-corrected chi connectivity index (χ4v) is 5.31. The maximum absolute atomic E-state index is 13.5. The van der Waals surface area contributed by atoms with Gasteiger partial charge >= 0.3 is 0 Å². The van der Waals surface area contributed by atoms with Crippen LogP contribution >= 0.6 is 11.6 Å². The van der Waals surface area contributed by atoms with Crippen molar-refractivity contribution in [2.75, 3.05) is 11.9 Å². The van der Waals surface area contributed by atoms with Gasteiger partial charge in [0.15, 0.2) is 5.65 Å². The van der Waals surface area contributed by atoms with Gasteiger partial charge in [-0.25, -0.2) is 14.5 Å². The lowest BCUT2D eigenvalue weighted by Gasteiger charge is -2.26. The summed E-state index contributed by atoms with van der Waals surface area (Å²) < 4.78 is 3.06. The average Bonchev–Trinajstić information content (AvgIpc) is 3.45. The summed E-state index contributed by atoms with van der Waals surface area (Å²) in [6.07, 6.45) is 7.28. The second-order valence-electron chi connectivity index (χ2n) is 9.16. The van der Waals surface area contributed by atoms with E-state index in [9.17, 15) is 9.90 Å². The molecule has 0 unspecified atom stereocenters. The van der Waals surface area contributed by atoms with Crippen LogP contribution in [0.5, 0.6) is 5.75 Å². The fourth-order valence-electron chi connectivity index (χ4n) is 5.10. The van der Waals surface area contributed by atoms with Crippen LogP contribution in [0.25, 0.3) is 22.5 Å². The number of hydrogen-bond acceptors (Lipinski definition) is 7. The molecule has 3 aromatic heterocycles. The lowest BCUT2D eigenvalue weighted by Crippen LogP contribution is -2.33. The van der Waals surface area contributed by atoms with Crippen molar-refractivity contribution in [2.45, 2.75) is 24.8 Å². The van der Waals surface area contributed by atoms with Crippen LogP contribution in [-0.2, 0) is 12.0 Å². The highest BCUT2D eigenvalue weighted by molar-refractivity contribution is 6.33. The molecule has 174 valence electrons. The second kappa shape index (κ2) is 7.27. The van der Waals surface area contributed by atoms with E-state index in [1.54, 1.807) is 28.9 Å². The van der Waals surface area contributed by atoms with E-state index in [1.807, 2.05) is 0 Å². The Morgan fingerprint density at radius 3 is 2.91 bits per heavy atom. The summed E-state index contributed by atoms with van der Waals surface area (Å²) in [6.45, 7) is 1.89. The van der Waals surface area contributed by atoms with Crippen molar-refractivity contribution in [2.24, 2.45) is 0 Å². The molecule has 1 saturated carbocycles. The summed E-state index contributed by atoms with van der Waals surface area (Å²) in [7, 11) is 0. The van der Waals surface area contributed by atoms with Gasteiger partial charge in [-0.2, -0.15) is 4.98 Å². The summed E-state index contributed by atoms with van der Waals surface area (Å²) in [6, 6.07) is 11.1. The Kier molecular flexibility index (Phi) is 4.24. The molecule has 1 aliphatic heterocycles. The van der Waals surface area contributed by atoms with Gasteiger partial charge in [-0.1, -0.05) is 23.7 Å². The Balaban J connectivity index is 1.33. The quantitative estimate of drug-likeness (QED) is 0.357. The third-order valence-electron chi connectivity index (χ3n) is 7.02. The summed E-state index contributed by atoms with van der Waals surface area (Å²) in [5.74, 6) is 0.587. The summed E-state index contributed by atoms with van der Waals surface area (Å²) in [5.41, 5.74) is 4.31. The van der Waals surface area contributed by atoms with E-state index in [2.05, 4.69) is 43.8 Å². The van der Waals surface area contributed by atoms with Gasteiger partial charge in [-0.15, -0.1) is 0 Å². The highest BCUT2D eigenvalue weighted by Gasteiger charge is 2.46. The monoisotopic (exact) mass is 485 g/mol. The largest absolute Gasteiger partial charge is 0.506 e. The number of anilines is 2. The predicted octanol–water partition coefficient (Wildman–Crippen LogP) is 3.67. The van der Waals surface area contributed by atoms with Crippen molar-refractivity contribution < 1.29 is 5.11 Å². The molecule has 0 radical (unpaired) electrons. The van der Waals surface area contributed by atoms with Crippen LogP contribution < -0.4 is 16.2 Å². The molecule has 9 nitrogen and oxygen atoms in total. The van der Waals surface area contributed by atoms with Crippen LogP contribution in [0, 0.1) is 0 Å². The van der Waals surface area contributed by atoms with Crippen LogP contribution in [0.3, 0.4) is 0 Å². The molecule has 35 heavy (non-hydrogen) atoms. The van der Waals surface area contributed by atoms with Crippen LogP contribution in [0.4, 0.5) is 11.6 Å². The Morgan fingerprint density at radius 1 is 1.17 bits per heavy atom. The molecule has 0 saturated heterocycles. The zero-order valence-electron chi connectivity index (χ0n) is 18.5. The lowest BCUT2D eigenvalue weighted by molar-refractivity contribution is 0.475. The number of fused-ring (bicyclic) bond motifs is 5. The molecule has 1 fully saturated rings. The van der Waals surface area contributed by atoms with E-state index in [0.717, 1.165) is 18.8 Å². The first-order valence-corrected chi connectivity index (χ1v) is 11.8. The molecule has 4 heterocycles. The number of halogens is 1. The average molecular weight is 486 g/mol. The van der Waals surface area contributed by atoms with Crippen molar-refractivity contribution in [1.82, 2.24) is 29.2 Å². The van der Waals surface area contributed by atoms with E-state index >= 15 is 0 Å². The maximum Gasteiger partial charge on any atom is 0.270 e. The Bertz CT molecular complexity index is 1720. The van der Waals surface area contributed by atoms with Gasteiger partial charge in [0, 0.05) is 42.8 Å². The third kappa shape index (κ3) is 3.05. The van der Waals surface area contributed by atoms with Crippen LogP contribution in [-0.4, -0.2) is 35.6 Å². The molecule has 0 atom stereocenters. The number of rotatable bonds is 3. The van der Waals surface area contributed by atoms with Crippen LogP contribution in [0.15, 0.2) is 59.8 Å². The molecule has 2 aromatic carbocycles. The molecular weight excluding hydrogens is 466 g/mol. The third-order valence-corrected chi connectivity index (χ3v) is 7.40. The minimum absolute atomic E-state index is 0.0629. The number of imidazole rings is 1. The van der Waals surface area contributed by atoms with E-state index < -0.39 is 0 Å². The molecule has 1 spiro atoms. The first-order chi connectivity index (χ1) is 17.0. The molecular formula is C25H20ClN7O2. The summed E-state index contributed by atoms with van der Waals surface area (Å²) >= 11 is 6.31. The number of hydrogen-bond donors (Lipinski definition) is 3. The topological polar surface area (TPSA) is 109 Å². The zero-order chi connectivity index (χ0) is 23.7. The number of nitrogens with one attached hydrogen (secondary N) is 2. The molecule has 0 amide bonds. The number of aromatic nitrogens is 5. The van der Waals surface area contributed by atoms with Gasteiger partial charge in [-0.3, -0.25) is 9.20 Å². The van der Waals surface area contributed by atoms with Gasteiger partial charge in [0.05, 0.1) is 5.69 Å². The van der Waals surface area contributed by atoms with Gasteiger partial charge in [0.1, 0.15) is 16.2 Å². The van der Waals surface area contributed by atoms with E-state index in [4.69, 9.17) is 11.6 Å². The second-order valence-corrected chi connectivity index (χ2v) is 9.54. The number of nitrogens with zero attached hydrogens (tertiary/aromatic N) is 5. The first-order valence-electron chi connectivity index (χ1n) is 11.4. The van der Waals surface area contributed by atoms with E-state index in [0.29, 0.717) is 33.9 Å². The molecule has 2 aliphatic rings. The molecule has 1 aliphatic carbocycles. The van der Waals surface area contributed by atoms with E-state index in [1.165, 1.54) is 40.8 Å². The zero-order valence-corrected chi connectivity index (χ0v) is 19.3. The Labute approximate surface area is 204 Å². The Hall–Kier alpha value is -3.95. The number of phenolic OH excluding ortho intramolecular Hbond substituents is 1. The maximum atomic E-state index is 13.5. The lowest BCUT2D eigenvalue weighted by atomic mass is 9.88. The van der Waals surface area contributed by atoms with Crippen molar-refractivity contribution in [3.8, 4) is 11.4 Å². The van der Waals surface area contributed by atoms with Crippen LogP contribution in [0.2, 0.25) is 5.02 Å². The molecule has 0 bridgehead atoms. The fraction of sp³-hybridized carbons (Fsp3) is 0.200. The summed E-state index contributed by atoms with van der Waals surface area (Å²) in [4.78, 5) is 26.9. The van der Waals surface area contributed by atoms with Gasteiger partial charge in [0.2, 0.25) is 11.7 Å². The molecule has 10 heteroatoms. The molecule has 3 N–H and O–H groups in total. The summed E-state index contributed by atoms with van der Waals surface area (Å²) in [5, 5.41) is 17.2. The highest BCUT2D eigenvalue weighted by Crippen LogP contribution is 2.50. The van der Waals surface area contributed by atoms with Crippen molar-refractivity contribution in [3.05, 3.63) is 81.5 Å². The standard InChI is InChI=1S/C25H20ClN7O2/c26-20-18(2-1-3-19(20)34)33-22(35)16-12-29-23(31-21(16)32-9-8-28-24(32)33)30-15-4-5-17-14(10-15)11-27-13-25(17)6-7-25/h1-5,8-10,12,27,34H,6-7,11,13H2,(H,29,30,31). The highest BCUT2D eigenvalue weighted by atomic mass is 35.5. The van der Waals surface area contributed by atoms with Crippen molar-refractivity contribution in [3.63, 3.8) is 0 Å². The van der Waals surface area contributed by atoms with Crippen molar-refractivity contribution in [1.29, 1.82) is 0 Å². The minimum Gasteiger partial charge on any atom is -0.506 e. The van der Waals surface area contributed by atoms with Gasteiger partial charge in [-0.05, 0) is 48.2 Å². The van der Waals surface area contributed by atoms with Crippen LogP contribution in [0.1, 0.15) is 24.0 Å². The predicted molar refractivity (Wildman–Crippen MR) is 133 cm³/mol.